The Morgan fingerprint density at radius 3 is 2.04 bits per heavy atom. The van der Waals surface area contributed by atoms with Crippen LogP contribution in [0.5, 0.6) is 0 Å². The number of β-lactam (4-membered cyclic amide) rings is 1. The summed E-state index contributed by atoms with van der Waals surface area (Å²) in [6, 6.07) is 17.1. The minimum Gasteiger partial charge on any atom is -0.312 e. The van der Waals surface area contributed by atoms with Crippen molar-refractivity contribution < 1.29 is 4.79 Å². The van der Waals surface area contributed by atoms with Gasteiger partial charge in [-0.15, -0.1) is 0 Å². The molecule has 0 bridgehead atoms. The van der Waals surface area contributed by atoms with Crippen molar-refractivity contribution in [3.8, 4) is 0 Å². The Balaban J connectivity index is 1.29. The summed E-state index contributed by atoms with van der Waals surface area (Å²) < 4.78 is 1.13. The molecule has 2 fully saturated rings. The smallest absolute Gasteiger partial charge is 0.228 e. The molecule has 5 heteroatoms. The highest BCUT2D eigenvalue weighted by Gasteiger charge is 2.25. The van der Waals surface area contributed by atoms with E-state index in [9.17, 15) is 4.79 Å². The average Bonchev–Trinajstić information content (AvgIpc) is 2.64. The van der Waals surface area contributed by atoms with Crippen LogP contribution in [0.3, 0.4) is 0 Å². The molecule has 0 radical (unpaired) electrons. The summed E-state index contributed by atoms with van der Waals surface area (Å²) in [6.07, 6.45) is 0.685. The monoisotopic (exact) mass is 413 g/mol. The van der Waals surface area contributed by atoms with Crippen LogP contribution in [-0.2, 0) is 17.9 Å². The molecule has 26 heavy (non-hydrogen) atoms. The highest BCUT2D eigenvalue weighted by molar-refractivity contribution is 9.10. The molecule has 1 amide bonds. The summed E-state index contributed by atoms with van der Waals surface area (Å²) >= 11 is 3.49. The lowest BCUT2D eigenvalue weighted by molar-refractivity contribution is -0.122. The first-order valence-corrected chi connectivity index (χ1v) is 10.1. The molecule has 2 saturated heterocycles. The average molecular weight is 414 g/mol. The van der Waals surface area contributed by atoms with Crippen LogP contribution in [0.1, 0.15) is 17.5 Å². The zero-order valence-corrected chi connectivity index (χ0v) is 16.5. The Morgan fingerprint density at radius 2 is 1.46 bits per heavy atom. The van der Waals surface area contributed by atoms with E-state index in [0.717, 1.165) is 56.0 Å². The first-order chi connectivity index (χ1) is 12.7. The first kappa shape index (κ1) is 17.7. The molecule has 2 aliphatic heterocycles. The minimum atomic E-state index is 0.240. The Labute approximate surface area is 163 Å². The number of carbonyl (C=O) groups excluding carboxylic acids is 1. The van der Waals surface area contributed by atoms with Crippen LogP contribution < -0.4 is 4.90 Å². The van der Waals surface area contributed by atoms with Gasteiger partial charge in [-0.3, -0.25) is 14.6 Å². The lowest BCUT2D eigenvalue weighted by Gasteiger charge is -2.35. The van der Waals surface area contributed by atoms with Crippen molar-refractivity contribution in [2.24, 2.45) is 0 Å². The molecule has 2 aliphatic rings. The Kier molecular flexibility index (Phi) is 5.38. The van der Waals surface area contributed by atoms with Crippen molar-refractivity contribution in [3.05, 3.63) is 64.1 Å². The van der Waals surface area contributed by atoms with Gasteiger partial charge in [0.2, 0.25) is 5.91 Å². The fraction of sp³-hybridized carbons (Fsp3) is 0.381. The molecule has 0 saturated carbocycles. The van der Waals surface area contributed by atoms with Gasteiger partial charge in [-0.25, -0.2) is 0 Å². The summed E-state index contributed by atoms with van der Waals surface area (Å²) in [5.41, 5.74) is 3.71. The van der Waals surface area contributed by atoms with Crippen LogP contribution in [0.15, 0.2) is 53.0 Å². The third-order valence-corrected chi connectivity index (χ3v) is 5.79. The molecule has 0 aromatic heterocycles. The van der Waals surface area contributed by atoms with Crippen LogP contribution in [0.25, 0.3) is 0 Å². The van der Waals surface area contributed by atoms with Gasteiger partial charge in [-0.1, -0.05) is 40.2 Å². The van der Waals surface area contributed by atoms with Crippen molar-refractivity contribution in [2.75, 3.05) is 37.6 Å². The van der Waals surface area contributed by atoms with E-state index in [4.69, 9.17) is 0 Å². The normalized spacial score (nSPS) is 18.8. The fourth-order valence-electron chi connectivity index (χ4n) is 3.62. The Hall–Kier alpha value is -1.69. The number of halogens is 1. The molecule has 136 valence electrons. The van der Waals surface area contributed by atoms with Gasteiger partial charge in [0.15, 0.2) is 0 Å². The summed E-state index contributed by atoms with van der Waals surface area (Å²) in [4.78, 5) is 18.6. The molecule has 4 rings (SSSR count). The lowest BCUT2D eigenvalue weighted by atomic mass is 10.1. The minimum absolute atomic E-state index is 0.240. The highest BCUT2D eigenvalue weighted by atomic mass is 79.9. The van der Waals surface area contributed by atoms with Crippen LogP contribution >= 0.6 is 15.9 Å². The van der Waals surface area contributed by atoms with Crippen molar-refractivity contribution in [2.45, 2.75) is 19.5 Å². The van der Waals surface area contributed by atoms with Crippen LogP contribution in [-0.4, -0.2) is 48.4 Å². The number of rotatable bonds is 5. The van der Waals surface area contributed by atoms with Gasteiger partial charge >= 0.3 is 0 Å². The molecule has 2 aromatic carbocycles. The van der Waals surface area contributed by atoms with Crippen LogP contribution in [0.4, 0.5) is 5.69 Å². The van der Waals surface area contributed by atoms with E-state index in [1.807, 2.05) is 11.0 Å². The van der Waals surface area contributed by atoms with E-state index in [1.165, 1.54) is 11.1 Å². The number of piperazine rings is 1. The van der Waals surface area contributed by atoms with Crippen molar-refractivity contribution in [1.82, 2.24) is 9.80 Å². The van der Waals surface area contributed by atoms with Crippen molar-refractivity contribution >= 4 is 27.5 Å². The molecule has 2 heterocycles. The second-order valence-electron chi connectivity index (χ2n) is 7.14. The quantitative estimate of drug-likeness (QED) is 0.701. The molecule has 0 spiro atoms. The number of benzene rings is 2. The van der Waals surface area contributed by atoms with E-state index < -0.39 is 0 Å². The molecular weight excluding hydrogens is 390 g/mol. The molecule has 0 N–H and O–H groups in total. The van der Waals surface area contributed by atoms with Gasteiger partial charge in [-0.2, -0.15) is 0 Å². The SMILES string of the molecule is O=C1CCN1c1cccc(CN2CCN(Cc3ccc(Br)cc3)CC2)c1. The molecule has 0 aliphatic carbocycles. The van der Waals surface area contributed by atoms with Crippen LogP contribution in [0, 0.1) is 0 Å². The maximum absolute atomic E-state index is 11.6. The zero-order valence-electron chi connectivity index (χ0n) is 14.9. The van der Waals surface area contributed by atoms with Gasteiger partial charge < -0.3 is 4.90 Å². The number of carbonyl (C=O) groups is 1. The van der Waals surface area contributed by atoms with E-state index >= 15 is 0 Å². The van der Waals surface area contributed by atoms with Gasteiger partial charge in [0.25, 0.3) is 0 Å². The van der Waals surface area contributed by atoms with Gasteiger partial charge in [0, 0.05) is 62.4 Å². The van der Waals surface area contributed by atoms with Gasteiger partial charge in [-0.05, 0) is 35.4 Å². The summed E-state index contributed by atoms with van der Waals surface area (Å²) in [5.74, 6) is 0.240. The maximum Gasteiger partial charge on any atom is 0.228 e. The summed E-state index contributed by atoms with van der Waals surface area (Å²) in [7, 11) is 0. The molecule has 4 nitrogen and oxygen atoms in total. The van der Waals surface area contributed by atoms with E-state index in [2.05, 4.69) is 68.2 Å². The summed E-state index contributed by atoms with van der Waals surface area (Å²) in [6.45, 7) is 7.21. The van der Waals surface area contributed by atoms with Crippen molar-refractivity contribution in [3.63, 3.8) is 0 Å². The lowest BCUT2D eigenvalue weighted by Crippen LogP contribution is -2.45. The standard InChI is InChI=1S/C21H24BrN3O/c22-19-6-4-17(5-7-19)15-23-10-12-24(13-11-23)16-18-2-1-3-20(14-18)25-9-8-21(25)26/h1-7,14H,8-13,15-16H2. The summed E-state index contributed by atoms with van der Waals surface area (Å²) in [5, 5.41) is 0. The second kappa shape index (κ2) is 7.91. The predicted molar refractivity (Wildman–Crippen MR) is 108 cm³/mol. The number of nitrogens with zero attached hydrogens (tertiary/aromatic N) is 3. The molecule has 0 atom stereocenters. The van der Waals surface area contributed by atoms with Crippen LogP contribution in [0.2, 0.25) is 0 Å². The number of amides is 1. The van der Waals surface area contributed by atoms with Gasteiger partial charge in [0.05, 0.1) is 0 Å². The largest absolute Gasteiger partial charge is 0.312 e. The molecule has 2 aromatic rings. The zero-order chi connectivity index (χ0) is 17.9. The maximum atomic E-state index is 11.6. The fourth-order valence-corrected chi connectivity index (χ4v) is 3.89. The Morgan fingerprint density at radius 1 is 0.808 bits per heavy atom. The highest BCUT2D eigenvalue weighted by Crippen LogP contribution is 2.23. The van der Waals surface area contributed by atoms with Gasteiger partial charge in [0.1, 0.15) is 0 Å². The number of hydrogen-bond acceptors (Lipinski definition) is 3. The van der Waals surface area contributed by atoms with E-state index in [0.29, 0.717) is 6.42 Å². The molecule has 0 unspecified atom stereocenters. The Bertz CT molecular complexity index is 769. The predicted octanol–water partition coefficient (Wildman–Crippen LogP) is 3.50. The number of anilines is 1. The third kappa shape index (κ3) is 4.17. The first-order valence-electron chi connectivity index (χ1n) is 9.26. The second-order valence-corrected chi connectivity index (χ2v) is 8.06. The van der Waals surface area contributed by atoms with E-state index in [1.54, 1.807) is 0 Å². The third-order valence-electron chi connectivity index (χ3n) is 5.26. The van der Waals surface area contributed by atoms with Crippen molar-refractivity contribution in [1.29, 1.82) is 0 Å². The number of hydrogen-bond donors (Lipinski definition) is 0. The topological polar surface area (TPSA) is 26.8 Å². The van der Waals surface area contributed by atoms with E-state index in [-0.39, 0.29) is 5.91 Å². The molecular formula is C21H24BrN3O.